The summed E-state index contributed by atoms with van der Waals surface area (Å²) in [5.74, 6) is 1.03. The fraction of sp³-hybridized carbons (Fsp3) is 0.750. The summed E-state index contributed by atoms with van der Waals surface area (Å²) in [7, 11) is 2.23. The molecule has 3 aliphatic rings. The highest BCUT2D eigenvalue weighted by atomic mass is 16.5. The molecule has 2 saturated heterocycles. The minimum Gasteiger partial charge on any atom is -0.490 e. The van der Waals surface area contributed by atoms with Crippen molar-refractivity contribution in [2.45, 2.75) is 69.7 Å². The Hall–Kier alpha value is -1.14. The molecular weight excluding hydrogens is 362 g/mol. The molecular formula is C24H39N3O2. The summed E-state index contributed by atoms with van der Waals surface area (Å²) in [5, 5.41) is 9.65. The molecule has 0 bridgehead atoms. The van der Waals surface area contributed by atoms with E-state index in [0.29, 0.717) is 18.2 Å². The van der Waals surface area contributed by atoms with Crippen LogP contribution in [0.3, 0.4) is 0 Å². The molecule has 0 spiro atoms. The zero-order valence-corrected chi connectivity index (χ0v) is 18.1. The van der Waals surface area contributed by atoms with Gasteiger partial charge in [0.25, 0.3) is 0 Å². The van der Waals surface area contributed by atoms with Crippen molar-refractivity contribution in [3.05, 3.63) is 29.8 Å². The van der Waals surface area contributed by atoms with Gasteiger partial charge < -0.3 is 14.7 Å². The fourth-order valence-electron chi connectivity index (χ4n) is 5.46. The lowest BCUT2D eigenvalue weighted by Gasteiger charge is -2.47. The van der Waals surface area contributed by atoms with E-state index in [1.807, 2.05) is 0 Å². The number of hydrogen-bond donors (Lipinski definition) is 1. The molecule has 1 aromatic rings. The summed E-state index contributed by atoms with van der Waals surface area (Å²) in [6.07, 6.45) is 8.83. The number of piperazine rings is 1. The predicted molar refractivity (Wildman–Crippen MR) is 117 cm³/mol. The predicted octanol–water partition coefficient (Wildman–Crippen LogP) is 2.97. The van der Waals surface area contributed by atoms with Gasteiger partial charge in [-0.15, -0.1) is 0 Å². The van der Waals surface area contributed by atoms with Gasteiger partial charge >= 0.3 is 0 Å². The second kappa shape index (κ2) is 10.3. The molecule has 5 nitrogen and oxygen atoms in total. The molecule has 3 fully saturated rings. The Morgan fingerprint density at radius 2 is 1.83 bits per heavy atom. The Balaban J connectivity index is 1.34. The van der Waals surface area contributed by atoms with Crippen molar-refractivity contribution in [1.82, 2.24) is 14.7 Å². The molecule has 29 heavy (non-hydrogen) atoms. The van der Waals surface area contributed by atoms with Gasteiger partial charge in [0.15, 0.2) is 0 Å². The van der Waals surface area contributed by atoms with Gasteiger partial charge in [-0.3, -0.25) is 9.80 Å². The number of aliphatic hydroxyl groups excluding tert-OH is 1. The highest BCUT2D eigenvalue weighted by Gasteiger charge is 2.33. The van der Waals surface area contributed by atoms with Gasteiger partial charge in [-0.25, -0.2) is 0 Å². The SMILES string of the molecule is CN1CCC(N2CCN(Cc3cccc(OC4CCCC4)c3)C[C@@H]2CCO)CC1. The third-order valence-corrected chi connectivity index (χ3v) is 7.14. The normalized spacial score (nSPS) is 26.2. The number of ether oxygens (including phenoxy) is 1. The molecule has 0 unspecified atom stereocenters. The number of piperidine rings is 1. The first-order valence-electron chi connectivity index (χ1n) is 11.7. The van der Waals surface area contributed by atoms with Gasteiger partial charge in [0.2, 0.25) is 0 Å². The van der Waals surface area contributed by atoms with Crippen LogP contribution in [0.25, 0.3) is 0 Å². The van der Waals surface area contributed by atoms with Gasteiger partial charge in [0, 0.05) is 44.9 Å². The van der Waals surface area contributed by atoms with Gasteiger partial charge in [0.1, 0.15) is 5.75 Å². The van der Waals surface area contributed by atoms with E-state index in [9.17, 15) is 5.11 Å². The third-order valence-electron chi connectivity index (χ3n) is 7.14. The fourth-order valence-corrected chi connectivity index (χ4v) is 5.46. The largest absolute Gasteiger partial charge is 0.490 e. The highest BCUT2D eigenvalue weighted by molar-refractivity contribution is 5.28. The van der Waals surface area contributed by atoms with Crippen LogP contribution < -0.4 is 4.74 Å². The Morgan fingerprint density at radius 3 is 2.59 bits per heavy atom. The van der Waals surface area contributed by atoms with Crippen molar-refractivity contribution in [3.8, 4) is 5.75 Å². The molecule has 0 radical (unpaired) electrons. The minimum atomic E-state index is 0.284. The Morgan fingerprint density at radius 1 is 1.03 bits per heavy atom. The molecule has 2 aliphatic heterocycles. The maximum atomic E-state index is 9.65. The van der Waals surface area contributed by atoms with Crippen LogP contribution in [0.5, 0.6) is 5.75 Å². The first-order chi connectivity index (χ1) is 14.2. The average molecular weight is 402 g/mol. The smallest absolute Gasteiger partial charge is 0.120 e. The van der Waals surface area contributed by atoms with Crippen LogP contribution in [0.2, 0.25) is 0 Å². The van der Waals surface area contributed by atoms with E-state index < -0.39 is 0 Å². The molecule has 1 aromatic carbocycles. The monoisotopic (exact) mass is 401 g/mol. The second-order valence-electron chi connectivity index (χ2n) is 9.35. The van der Waals surface area contributed by atoms with E-state index in [1.54, 1.807) is 0 Å². The van der Waals surface area contributed by atoms with Crippen molar-refractivity contribution in [1.29, 1.82) is 0 Å². The van der Waals surface area contributed by atoms with Crippen molar-refractivity contribution in [3.63, 3.8) is 0 Å². The zero-order chi connectivity index (χ0) is 20.1. The molecule has 162 valence electrons. The lowest BCUT2D eigenvalue weighted by molar-refractivity contribution is 0.00598. The molecule has 4 rings (SSSR count). The van der Waals surface area contributed by atoms with Crippen LogP contribution in [0.15, 0.2) is 24.3 Å². The molecule has 1 atom stereocenters. The summed E-state index contributed by atoms with van der Waals surface area (Å²) < 4.78 is 6.21. The number of nitrogens with zero attached hydrogens (tertiary/aromatic N) is 3. The van der Waals surface area contributed by atoms with E-state index >= 15 is 0 Å². The van der Waals surface area contributed by atoms with E-state index in [0.717, 1.165) is 38.3 Å². The summed E-state index contributed by atoms with van der Waals surface area (Å²) in [6.45, 7) is 6.95. The second-order valence-corrected chi connectivity index (χ2v) is 9.35. The average Bonchev–Trinajstić information content (AvgIpc) is 3.23. The van der Waals surface area contributed by atoms with Crippen LogP contribution in [-0.2, 0) is 6.54 Å². The van der Waals surface area contributed by atoms with Gasteiger partial charge in [-0.1, -0.05) is 12.1 Å². The lowest BCUT2D eigenvalue weighted by atomic mass is 9.98. The summed E-state index contributed by atoms with van der Waals surface area (Å²) in [6, 6.07) is 9.87. The van der Waals surface area contributed by atoms with Crippen LogP contribution in [0.4, 0.5) is 0 Å². The van der Waals surface area contributed by atoms with E-state index in [1.165, 1.54) is 57.2 Å². The van der Waals surface area contributed by atoms with Gasteiger partial charge in [0.05, 0.1) is 6.10 Å². The van der Waals surface area contributed by atoms with Crippen LogP contribution in [0, 0.1) is 0 Å². The van der Waals surface area contributed by atoms with Gasteiger partial charge in [-0.2, -0.15) is 0 Å². The standard InChI is InChI=1S/C24H39N3O2/c1-25-12-9-21(10-13-25)27-15-14-26(19-22(27)11-16-28)18-20-5-4-8-24(17-20)29-23-6-2-3-7-23/h4-5,8,17,21-23,28H,2-3,6-7,9-16,18-19H2,1H3/t22-/m0/s1. The summed E-state index contributed by atoms with van der Waals surface area (Å²) >= 11 is 0. The molecule has 0 aromatic heterocycles. The molecule has 1 N–H and O–H groups in total. The number of benzene rings is 1. The van der Waals surface area contributed by atoms with Crippen LogP contribution >= 0.6 is 0 Å². The lowest BCUT2D eigenvalue weighted by Crippen LogP contribution is -2.58. The molecule has 0 amide bonds. The quantitative estimate of drug-likeness (QED) is 0.761. The maximum absolute atomic E-state index is 9.65. The number of likely N-dealkylation sites (tertiary alicyclic amines) is 1. The van der Waals surface area contributed by atoms with E-state index in [4.69, 9.17) is 4.74 Å². The summed E-state index contributed by atoms with van der Waals surface area (Å²) in [4.78, 5) is 7.72. The Labute approximate surface area is 176 Å². The third kappa shape index (κ3) is 5.72. The number of aliphatic hydroxyl groups is 1. The number of rotatable bonds is 7. The van der Waals surface area contributed by atoms with E-state index in [-0.39, 0.29) is 6.61 Å². The number of hydrogen-bond acceptors (Lipinski definition) is 5. The summed E-state index contributed by atoms with van der Waals surface area (Å²) in [5.41, 5.74) is 1.34. The maximum Gasteiger partial charge on any atom is 0.120 e. The molecule has 1 saturated carbocycles. The first-order valence-corrected chi connectivity index (χ1v) is 11.7. The zero-order valence-electron chi connectivity index (χ0n) is 18.1. The Bertz CT molecular complexity index is 626. The van der Waals surface area contributed by atoms with Crippen molar-refractivity contribution in [2.75, 3.05) is 46.4 Å². The highest BCUT2D eigenvalue weighted by Crippen LogP contribution is 2.26. The molecule has 5 heteroatoms. The van der Waals surface area contributed by atoms with E-state index in [2.05, 4.69) is 46.0 Å². The van der Waals surface area contributed by atoms with Crippen LogP contribution in [-0.4, -0.2) is 84.4 Å². The minimum absolute atomic E-state index is 0.284. The van der Waals surface area contributed by atoms with Crippen LogP contribution in [0.1, 0.15) is 50.5 Å². The Kier molecular flexibility index (Phi) is 7.46. The topological polar surface area (TPSA) is 39.2 Å². The van der Waals surface area contributed by atoms with Crippen molar-refractivity contribution >= 4 is 0 Å². The molecule has 2 heterocycles. The van der Waals surface area contributed by atoms with Crippen molar-refractivity contribution in [2.24, 2.45) is 0 Å². The van der Waals surface area contributed by atoms with Crippen molar-refractivity contribution < 1.29 is 9.84 Å². The van der Waals surface area contributed by atoms with Gasteiger partial charge in [-0.05, 0) is 82.8 Å². The molecule has 1 aliphatic carbocycles. The first kappa shape index (κ1) is 21.1.